The standard InChI is InChI=1S/C17H18Cl4N2O2/c1-9(2)23(7-11-5-4-10(3)25-11)8-14(24)22-17-15(20)12(18)6-13(19)16(17)21/h4-6,9H,7-8H2,1-3H3,(H,22,24). The number of hydrogen-bond acceptors (Lipinski definition) is 3. The Balaban J connectivity index is 2.12. The zero-order valence-electron chi connectivity index (χ0n) is 14.0. The first-order valence-corrected chi connectivity index (χ1v) is 9.12. The van der Waals surface area contributed by atoms with Crippen LogP contribution >= 0.6 is 46.4 Å². The molecule has 136 valence electrons. The molecule has 0 saturated carbocycles. The number of furan rings is 1. The number of halogens is 4. The molecule has 1 N–H and O–H groups in total. The van der Waals surface area contributed by atoms with Crippen LogP contribution in [0, 0.1) is 6.92 Å². The maximum Gasteiger partial charge on any atom is 0.238 e. The van der Waals surface area contributed by atoms with E-state index in [-0.39, 0.29) is 44.3 Å². The molecule has 0 fully saturated rings. The molecule has 0 aliphatic carbocycles. The summed E-state index contributed by atoms with van der Waals surface area (Å²) in [6.45, 7) is 6.52. The number of benzene rings is 1. The molecule has 2 rings (SSSR count). The highest BCUT2D eigenvalue weighted by atomic mass is 35.5. The summed E-state index contributed by atoms with van der Waals surface area (Å²) in [4.78, 5) is 14.4. The Bertz CT molecular complexity index is 748. The van der Waals surface area contributed by atoms with E-state index >= 15 is 0 Å². The number of anilines is 1. The fourth-order valence-electron chi connectivity index (χ4n) is 2.24. The van der Waals surface area contributed by atoms with Gasteiger partial charge in [0.05, 0.1) is 38.9 Å². The predicted molar refractivity (Wildman–Crippen MR) is 104 cm³/mol. The smallest absolute Gasteiger partial charge is 0.238 e. The van der Waals surface area contributed by atoms with Crippen molar-refractivity contribution < 1.29 is 9.21 Å². The molecule has 1 aromatic carbocycles. The average Bonchev–Trinajstić information content (AvgIpc) is 2.94. The molecule has 1 amide bonds. The highest BCUT2D eigenvalue weighted by Gasteiger charge is 2.20. The lowest BCUT2D eigenvalue weighted by molar-refractivity contribution is -0.117. The van der Waals surface area contributed by atoms with E-state index in [2.05, 4.69) is 5.32 Å². The number of nitrogens with one attached hydrogen (secondary N) is 1. The molecule has 25 heavy (non-hydrogen) atoms. The maximum absolute atomic E-state index is 12.5. The van der Waals surface area contributed by atoms with Crippen LogP contribution in [0.3, 0.4) is 0 Å². The quantitative estimate of drug-likeness (QED) is 0.575. The average molecular weight is 424 g/mol. The molecule has 0 spiro atoms. The zero-order chi connectivity index (χ0) is 18.7. The van der Waals surface area contributed by atoms with E-state index in [9.17, 15) is 4.79 Å². The summed E-state index contributed by atoms with van der Waals surface area (Å²) < 4.78 is 5.58. The van der Waals surface area contributed by atoms with E-state index in [1.54, 1.807) is 0 Å². The number of nitrogens with zero attached hydrogens (tertiary/aromatic N) is 1. The first-order valence-electron chi connectivity index (χ1n) is 7.61. The van der Waals surface area contributed by atoms with Crippen LogP contribution in [0.1, 0.15) is 25.4 Å². The third-order valence-corrected chi connectivity index (χ3v) is 5.18. The lowest BCUT2D eigenvalue weighted by Crippen LogP contribution is -2.37. The van der Waals surface area contributed by atoms with Crippen molar-refractivity contribution in [3.05, 3.63) is 49.8 Å². The van der Waals surface area contributed by atoms with E-state index < -0.39 is 0 Å². The second-order valence-corrected chi connectivity index (χ2v) is 7.47. The molecule has 0 atom stereocenters. The minimum absolute atomic E-state index is 0.130. The minimum Gasteiger partial charge on any atom is -0.465 e. The van der Waals surface area contributed by atoms with Crippen molar-refractivity contribution in [3.63, 3.8) is 0 Å². The van der Waals surface area contributed by atoms with Crippen molar-refractivity contribution in [1.29, 1.82) is 0 Å². The maximum atomic E-state index is 12.5. The van der Waals surface area contributed by atoms with Crippen molar-refractivity contribution in [2.24, 2.45) is 0 Å². The SMILES string of the molecule is Cc1ccc(CN(CC(=O)Nc2c(Cl)c(Cl)cc(Cl)c2Cl)C(C)C)o1. The molecule has 1 heterocycles. The molecule has 0 radical (unpaired) electrons. The van der Waals surface area contributed by atoms with Crippen LogP contribution in [-0.2, 0) is 11.3 Å². The summed E-state index contributed by atoms with van der Waals surface area (Å²) in [5, 5.41) is 3.44. The number of rotatable bonds is 6. The Morgan fingerprint density at radius 1 is 1.16 bits per heavy atom. The summed E-state index contributed by atoms with van der Waals surface area (Å²) in [7, 11) is 0. The number of carbonyl (C=O) groups is 1. The van der Waals surface area contributed by atoms with Crippen LogP contribution in [0.2, 0.25) is 20.1 Å². The Labute approximate surface area is 167 Å². The molecular formula is C17H18Cl4N2O2. The van der Waals surface area contributed by atoms with E-state index in [0.717, 1.165) is 11.5 Å². The van der Waals surface area contributed by atoms with Gasteiger partial charge in [0, 0.05) is 6.04 Å². The highest BCUT2D eigenvalue weighted by molar-refractivity contribution is 6.50. The van der Waals surface area contributed by atoms with Gasteiger partial charge in [-0.2, -0.15) is 0 Å². The van der Waals surface area contributed by atoms with Crippen molar-refractivity contribution in [3.8, 4) is 0 Å². The van der Waals surface area contributed by atoms with E-state index in [1.807, 2.05) is 37.8 Å². The van der Waals surface area contributed by atoms with Gasteiger partial charge in [-0.25, -0.2) is 0 Å². The predicted octanol–water partition coefficient (Wildman–Crippen LogP) is 6.05. The first-order chi connectivity index (χ1) is 11.7. The molecule has 0 aliphatic rings. The third kappa shape index (κ3) is 5.28. The largest absolute Gasteiger partial charge is 0.465 e. The first kappa shape index (κ1) is 20.4. The summed E-state index contributed by atoms with van der Waals surface area (Å²) in [5.41, 5.74) is 0.211. The fraction of sp³-hybridized carbons (Fsp3) is 0.353. The van der Waals surface area contributed by atoms with Crippen molar-refractivity contribution in [2.45, 2.75) is 33.4 Å². The van der Waals surface area contributed by atoms with Gasteiger partial charge in [0.15, 0.2) is 0 Å². The monoisotopic (exact) mass is 422 g/mol. The van der Waals surface area contributed by atoms with E-state index in [0.29, 0.717) is 6.54 Å². The fourth-order valence-corrected chi connectivity index (χ4v) is 3.14. The molecule has 2 aromatic rings. The molecule has 0 saturated heterocycles. The van der Waals surface area contributed by atoms with Crippen molar-refractivity contribution >= 4 is 58.0 Å². The lowest BCUT2D eigenvalue weighted by atomic mass is 10.2. The molecule has 0 aliphatic heterocycles. The molecular weight excluding hydrogens is 406 g/mol. The summed E-state index contributed by atoms with van der Waals surface area (Å²) >= 11 is 24.2. The van der Waals surface area contributed by atoms with Crippen molar-refractivity contribution in [2.75, 3.05) is 11.9 Å². The van der Waals surface area contributed by atoms with Crippen LogP contribution in [0.5, 0.6) is 0 Å². The van der Waals surface area contributed by atoms with Gasteiger partial charge in [0.2, 0.25) is 5.91 Å². The number of aryl methyl sites for hydroxylation is 1. The highest BCUT2D eigenvalue weighted by Crippen LogP contribution is 2.41. The van der Waals surface area contributed by atoms with Crippen molar-refractivity contribution in [1.82, 2.24) is 4.90 Å². The normalized spacial score (nSPS) is 11.4. The molecule has 8 heteroatoms. The van der Waals surface area contributed by atoms with Gasteiger partial charge in [-0.15, -0.1) is 0 Å². The topological polar surface area (TPSA) is 45.5 Å². The Hall–Kier alpha value is -0.910. The Morgan fingerprint density at radius 2 is 1.76 bits per heavy atom. The molecule has 0 bridgehead atoms. The second-order valence-electron chi connectivity index (χ2n) is 5.90. The van der Waals surface area contributed by atoms with E-state index in [1.165, 1.54) is 6.07 Å². The van der Waals surface area contributed by atoms with Crippen LogP contribution in [-0.4, -0.2) is 23.4 Å². The third-order valence-electron chi connectivity index (χ3n) is 3.61. The van der Waals surface area contributed by atoms with Crippen LogP contribution in [0.4, 0.5) is 5.69 Å². The molecule has 4 nitrogen and oxygen atoms in total. The van der Waals surface area contributed by atoms with Crippen LogP contribution in [0.25, 0.3) is 0 Å². The number of amides is 1. The van der Waals surface area contributed by atoms with Gasteiger partial charge in [-0.05, 0) is 39.0 Å². The molecule has 1 aromatic heterocycles. The number of hydrogen-bond donors (Lipinski definition) is 1. The van der Waals surface area contributed by atoms with E-state index in [4.69, 9.17) is 50.8 Å². The summed E-state index contributed by atoms with van der Waals surface area (Å²) in [6, 6.07) is 5.35. The van der Waals surface area contributed by atoms with Gasteiger partial charge >= 0.3 is 0 Å². The second kappa shape index (κ2) is 8.65. The Morgan fingerprint density at radius 3 is 2.24 bits per heavy atom. The minimum atomic E-state index is -0.279. The molecule has 0 unspecified atom stereocenters. The summed E-state index contributed by atoms with van der Waals surface area (Å²) in [6.07, 6.45) is 0. The van der Waals surface area contributed by atoms with Gasteiger partial charge in [-0.3, -0.25) is 9.69 Å². The van der Waals surface area contributed by atoms with Crippen LogP contribution in [0.15, 0.2) is 22.6 Å². The summed E-state index contributed by atoms with van der Waals surface area (Å²) in [5.74, 6) is 1.34. The van der Waals surface area contributed by atoms with Gasteiger partial charge in [0.1, 0.15) is 11.5 Å². The zero-order valence-corrected chi connectivity index (χ0v) is 17.0. The van der Waals surface area contributed by atoms with Gasteiger partial charge in [0.25, 0.3) is 0 Å². The van der Waals surface area contributed by atoms with Crippen LogP contribution < -0.4 is 5.32 Å². The van der Waals surface area contributed by atoms with Gasteiger partial charge < -0.3 is 9.73 Å². The lowest BCUT2D eigenvalue weighted by Gasteiger charge is -2.25. The number of carbonyl (C=O) groups excluding carboxylic acids is 1. The van der Waals surface area contributed by atoms with Gasteiger partial charge in [-0.1, -0.05) is 46.4 Å². The Kier molecular flexibility index (Phi) is 7.06.